The van der Waals surface area contributed by atoms with Crippen LogP contribution in [0.2, 0.25) is 0 Å². The summed E-state index contributed by atoms with van der Waals surface area (Å²) in [6.45, 7) is 4.26. The Balaban J connectivity index is 1.67. The number of hydrogen-bond acceptors (Lipinski definition) is 3. The Morgan fingerprint density at radius 1 is 1.04 bits per heavy atom. The molecule has 1 fully saturated rings. The van der Waals surface area contributed by atoms with Gasteiger partial charge in [0.05, 0.1) is 11.3 Å². The van der Waals surface area contributed by atoms with Crippen molar-refractivity contribution in [3.05, 3.63) is 53.3 Å². The van der Waals surface area contributed by atoms with Gasteiger partial charge in [-0.15, -0.1) is 0 Å². The van der Waals surface area contributed by atoms with Gasteiger partial charge in [0.2, 0.25) is 0 Å². The van der Waals surface area contributed by atoms with E-state index in [1.807, 2.05) is 13.0 Å². The molecule has 0 N–H and O–H groups in total. The van der Waals surface area contributed by atoms with Crippen molar-refractivity contribution in [3.63, 3.8) is 0 Å². The number of anilines is 1. The molecule has 0 atom stereocenters. The molecule has 0 amide bonds. The Morgan fingerprint density at radius 3 is 2.36 bits per heavy atom. The van der Waals surface area contributed by atoms with Crippen molar-refractivity contribution in [2.24, 2.45) is 0 Å². The summed E-state index contributed by atoms with van der Waals surface area (Å²) < 4.78 is 43.4. The molecule has 1 saturated heterocycles. The predicted molar refractivity (Wildman–Crippen MR) is 90.8 cm³/mol. The van der Waals surface area contributed by atoms with Crippen LogP contribution in [0.1, 0.15) is 36.2 Å². The number of benzene rings is 1. The fourth-order valence-corrected chi connectivity index (χ4v) is 3.02. The van der Waals surface area contributed by atoms with E-state index >= 15 is 0 Å². The van der Waals surface area contributed by atoms with E-state index in [0.717, 1.165) is 42.3 Å². The third kappa shape index (κ3) is 4.65. The number of piperidine rings is 1. The summed E-state index contributed by atoms with van der Waals surface area (Å²) in [6, 6.07) is 8.79. The van der Waals surface area contributed by atoms with E-state index in [1.54, 1.807) is 0 Å². The van der Waals surface area contributed by atoms with Crippen LogP contribution in [-0.2, 0) is 12.8 Å². The summed E-state index contributed by atoms with van der Waals surface area (Å²) in [5, 5.41) is 0. The van der Waals surface area contributed by atoms with Crippen LogP contribution in [-0.4, -0.2) is 18.1 Å². The number of pyridine rings is 1. The van der Waals surface area contributed by atoms with E-state index in [4.69, 9.17) is 4.74 Å². The minimum atomic E-state index is -4.33. The maximum Gasteiger partial charge on any atom is 0.416 e. The maximum absolute atomic E-state index is 12.6. The van der Waals surface area contributed by atoms with E-state index in [0.29, 0.717) is 5.75 Å². The molecule has 0 bridgehead atoms. The fourth-order valence-electron chi connectivity index (χ4n) is 3.02. The van der Waals surface area contributed by atoms with Gasteiger partial charge in [-0.25, -0.2) is 0 Å². The first kappa shape index (κ1) is 17.6. The number of nitrogens with zero attached hydrogens (tertiary/aromatic N) is 2. The van der Waals surface area contributed by atoms with Crippen LogP contribution < -0.4 is 9.64 Å². The van der Waals surface area contributed by atoms with Gasteiger partial charge >= 0.3 is 6.18 Å². The van der Waals surface area contributed by atoms with Crippen molar-refractivity contribution in [3.8, 4) is 5.75 Å². The number of alkyl halides is 3. The van der Waals surface area contributed by atoms with E-state index in [2.05, 4.69) is 16.0 Å². The second-order valence-corrected chi connectivity index (χ2v) is 6.32. The van der Waals surface area contributed by atoms with Crippen LogP contribution >= 0.6 is 0 Å². The van der Waals surface area contributed by atoms with Crippen LogP contribution in [0.25, 0.3) is 0 Å². The van der Waals surface area contributed by atoms with E-state index < -0.39 is 11.7 Å². The molecule has 2 heterocycles. The Morgan fingerprint density at radius 2 is 1.72 bits per heavy atom. The zero-order valence-electron chi connectivity index (χ0n) is 14.1. The molecule has 1 aromatic heterocycles. The molecule has 2 aromatic rings. The van der Waals surface area contributed by atoms with Gasteiger partial charge in [-0.3, -0.25) is 4.98 Å². The first-order valence-electron chi connectivity index (χ1n) is 8.44. The van der Waals surface area contributed by atoms with Gasteiger partial charge in [-0.2, -0.15) is 13.2 Å². The standard InChI is InChI=1S/C19H21F3N2O/c1-14-11-17(24-9-3-2-4-10-24)12-16(23-14)13-25-18-7-5-15(6-8-18)19(20,21)22/h5-8,11-12H,2-4,9-10,13H2,1H3. The van der Waals surface area contributed by atoms with Gasteiger partial charge in [0.25, 0.3) is 0 Å². The summed E-state index contributed by atoms with van der Waals surface area (Å²) in [6.07, 6.45) is -0.679. The van der Waals surface area contributed by atoms with Crippen LogP contribution in [0.15, 0.2) is 36.4 Å². The first-order valence-corrected chi connectivity index (χ1v) is 8.44. The smallest absolute Gasteiger partial charge is 0.416 e. The van der Waals surface area contributed by atoms with Gasteiger partial charge in [-0.05, 0) is 62.6 Å². The number of ether oxygens (including phenoxy) is 1. The summed E-state index contributed by atoms with van der Waals surface area (Å²) in [4.78, 5) is 6.82. The highest BCUT2D eigenvalue weighted by Gasteiger charge is 2.30. The highest BCUT2D eigenvalue weighted by Crippen LogP contribution is 2.30. The molecule has 1 aliphatic rings. The van der Waals surface area contributed by atoms with Crippen LogP contribution in [0.4, 0.5) is 18.9 Å². The lowest BCUT2D eigenvalue weighted by Gasteiger charge is -2.29. The molecule has 3 nitrogen and oxygen atoms in total. The summed E-state index contributed by atoms with van der Waals surface area (Å²) in [5.41, 5.74) is 2.15. The number of rotatable bonds is 4. The lowest BCUT2D eigenvalue weighted by Crippen LogP contribution is -2.29. The predicted octanol–water partition coefficient (Wildman–Crippen LogP) is 4.98. The summed E-state index contributed by atoms with van der Waals surface area (Å²) >= 11 is 0. The van der Waals surface area contributed by atoms with Gasteiger partial charge in [0.15, 0.2) is 0 Å². The number of hydrogen-bond donors (Lipinski definition) is 0. The topological polar surface area (TPSA) is 25.4 Å². The first-order chi connectivity index (χ1) is 11.9. The quantitative estimate of drug-likeness (QED) is 0.778. The zero-order valence-corrected chi connectivity index (χ0v) is 14.1. The van der Waals surface area contributed by atoms with Crippen molar-refractivity contribution >= 4 is 5.69 Å². The van der Waals surface area contributed by atoms with Crippen molar-refractivity contribution in [2.45, 2.75) is 39.0 Å². The van der Waals surface area contributed by atoms with Crippen LogP contribution in [0.3, 0.4) is 0 Å². The molecule has 0 spiro atoms. The lowest BCUT2D eigenvalue weighted by molar-refractivity contribution is -0.137. The molecule has 0 radical (unpaired) electrons. The average molecular weight is 350 g/mol. The van der Waals surface area contributed by atoms with E-state index in [1.165, 1.54) is 31.4 Å². The highest BCUT2D eigenvalue weighted by molar-refractivity contribution is 5.48. The SMILES string of the molecule is Cc1cc(N2CCCCC2)cc(COc2ccc(C(F)(F)F)cc2)n1. The number of aryl methyl sites for hydroxylation is 1. The Bertz CT molecular complexity index is 708. The minimum Gasteiger partial charge on any atom is -0.487 e. The van der Waals surface area contributed by atoms with Gasteiger partial charge in [0, 0.05) is 24.5 Å². The maximum atomic E-state index is 12.6. The molecular formula is C19H21F3N2O. The molecule has 3 rings (SSSR count). The van der Waals surface area contributed by atoms with E-state index in [-0.39, 0.29) is 6.61 Å². The lowest BCUT2D eigenvalue weighted by atomic mass is 10.1. The number of halogens is 3. The van der Waals surface area contributed by atoms with Crippen molar-refractivity contribution < 1.29 is 17.9 Å². The van der Waals surface area contributed by atoms with Crippen LogP contribution in [0, 0.1) is 6.92 Å². The molecule has 1 aromatic carbocycles. The highest BCUT2D eigenvalue weighted by atomic mass is 19.4. The van der Waals surface area contributed by atoms with Gasteiger partial charge in [-0.1, -0.05) is 0 Å². The summed E-state index contributed by atoms with van der Waals surface area (Å²) in [7, 11) is 0. The Labute approximate surface area is 145 Å². The van der Waals surface area contributed by atoms with Crippen molar-refractivity contribution in [1.82, 2.24) is 4.98 Å². The van der Waals surface area contributed by atoms with Crippen molar-refractivity contribution in [1.29, 1.82) is 0 Å². The molecule has 25 heavy (non-hydrogen) atoms. The molecule has 0 unspecified atom stereocenters. The third-order valence-electron chi connectivity index (χ3n) is 4.28. The van der Waals surface area contributed by atoms with Crippen molar-refractivity contribution in [2.75, 3.05) is 18.0 Å². The minimum absolute atomic E-state index is 0.230. The normalized spacial score (nSPS) is 15.3. The fraction of sp³-hybridized carbons (Fsp3) is 0.421. The molecule has 0 saturated carbocycles. The third-order valence-corrected chi connectivity index (χ3v) is 4.28. The number of aromatic nitrogens is 1. The summed E-state index contributed by atoms with van der Waals surface area (Å²) in [5.74, 6) is 0.399. The molecule has 1 aliphatic heterocycles. The largest absolute Gasteiger partial charge is 0.487 e. The molecular weight excluding hydrogens is 329 g/mol. The average Bonchev–Trinajstić information content (AvgIpc) is 2.60. The zero-order chi connectivity index (χ0) is 17.9. The van der Waals surface area contributed by atoms with Gasteiger partial charge in [0.1, 0.15) is 12.4 Å². The van der Waals surface area contributed by atoms with E-state index in [9.17, 15) is 13.2 Å². The Kier molecular flexibility index (Phi) is 5.16. The molecule has 134 valence electrons. The van der Waals surface area contributed by atoms with Gasteiger partial charge < -0.3 is 9.64 Å². The molecule has 0 aliphatic carbocycles. The Hall–Kier alpha value is -2.24. The molecule has 6 heteroatoms. The second kappa shape index (κ2) is 7.33. The second-order valence-electron chi connectivity index (χ2n) is 6.32. The monoisotopic (exact) mass is 350 g/mol. The van der Waals surface area contributed by atoms with Crippen LogP contribution in [0.5, 0.6) is 5.75 Å².